The van der Waals surface area contributed by atoms with E-state index < -0.39 is 0 Å². The van der Waals surface area contributed by atoms with E-state index in [2.05, 4.69) is 19.6 Å². The molecule has 0 aromatic carbocycles. The van der Waals surface area contributed by atoms with E-state index in [1.165, 1.54) is 24.6 Å². The molecule has 0 aromatic heterocycles. The van der Waals surface area contributed by atoms with Crippen molar-refractivity contribution < 1.29 is 4.74 Å². The van der Waals surface area contributed by atoms with Crippen molar-refractivity contribution in [3.05, 3.63) is 0 Å². The molecular formula is C7H12OS4. The smallest absolute Gasteiger partial charge is 0.226 e. The van der Waals surface area contributed by atoms with Crippen LogP contribution < -0.4 is 0 Å². The maximum atomic E-state index is 5.21. The lowest BCUT2D eigenvalue weighted by atomic mass is 10.3. The molecule has 0 unspecified atom stereocenters. The van der Waals surface area contributed by atoms with Gasteiger partial charge in [0.1, 0.15) is 3.53 Å². The van der Waals surface area contributed by atoms with E-state index >= 15 is 0 Å². The summed E-state index contributed by atoms with van der Waals surface area (Å²) in [5.74, 6) is 0. The molecule has 70 valence electrons. The Balaban J connectivity index is 3.26. The molecule has 1 nitrogen and oxygen atoms in total. The van der Waals surface area contributed by atoms with Crippen LogP contribution in [0.4, 0.5) is 0 Å². The lowest BCUT2D eigenvalue weighted by molar-refractivity contribution is 0.310. The lowest BCUT2D eigenvalue weighted by Gasteiger charge is -2.04. The van der Waals surface area contributed by atoms with Gasteiger partial charge in [-0.05, 0) is 30.4 Å². The van der Waals surface area contributed by atoms with Crippen molar-refractivity contribution in [2.45, 2.75) is 26.2 Å². The highest BCUT2D eigenvalue weighted by Gasteiger charge is 1.99. The Morgan fingerprint density at radius 1 is 1.42 bits per heavy atom. The van der Waals surface area contributed by atoms with Gasteiger partial charge < -0.3 is 4.74 Å². The summed E-state index contributed by atoms with van der Waals surface area (Å²) in [7, 11) is 0. The van der Waals surface area contributed by atoms with Gasteiger partial charge in [-0.1, -0.05) is 32.0 Å². The van der Waals surface area contributed by atoms with Crippen LogP contribution in [0.25, 0.3) is 0 Å². The van der Waals surface area contributed by atoms with Crippen molar-refractivity contribution in [3.8, 4) is 0 Å². The summed E-state index contributed by atoms with van der Waals surface area (Å²) in [6.45, 7) is 2.84. The first-order valence-corrected chi connectivity index (χ1v) is 5.82. The van der Waals surface area contributed by atoms with Crippen LogP contribution in [0.2, 0.25) is 0 Å². The highest BCUT2D eigenvalue weighted by molar-refractivity contribution is 8.50. The first kappa shape index (κ1) is 12.7. The molecule has 0 rings (SSSR count). The maximum Gasteiger partial charge on any atom is 0.226 e. The second-order valence-electron chi connectivity index (χ2n) is 2.17. The molecule has 0 bridgehead atoms. The molecule has 0 saturated heterocycles. The second-order valence-corrected chi connectivity index (χ2v) is 5.50. The van der Waals surface area contributed by atoms with E-state index in [4.69, 9.17) is 29.2 Å². The van der Waals surface area contributed by atoms with Crippen LogP contribution in [0.5, 0.6) is 0 Å². The van der Waals surface area contributed by atoms with Crippen molar-refractivity contribution >= 4 is 56.7 Å². The Labute approximate surface area is 94.0 Å². The van der Waals surface area contributed by atoms with Gasteiger partial charge in [0.05, 0.1) is 6.61 Å². The monoisotopic (exact) mass is 240 g/mol. The first-order chi connectivity index (χ1) is 5.66. The molecule has 0 fully saturated rings. The van der Waals surface area contributed by atoms with Gasteiger partial charge in [-0.15, -0.1) is 12.6 Å². The Morgan fingerprint density at radius 3 is 2.58 bits per heavy atom. The topological polar surface area (TPSA) is 9.23 Å². The van der Waals surface area contributed by atoms with Crippen LogP contribution >= 0.6 is 48.8 Å². The summed E-state index contributed by atoms with van der Waals surface area (Å²) in [4.78, 5) is 0. The molecule has 5 heteroatoms. The van der Waals surface area contributed by atoms with Gasteiger partial charge >= 0.3 is 0 Å². The Kier molecular flexibility index (Phi) is 8.76. The minimum Gasteiger partial charge on any atom is -0.478 e. The maximum absolute atomic E-state index is 5.21. The Bertz CT molecular complexity index is 157. The molecule has 0 spiro atoms. The van der Waals surface area contributed by atoms with Crippen LogP contribution in [0.1, 0.15) is 26.2 Å². The predicted octanol–water partition coefficient (Wildman–Crippen LogP) is 3.43. The molecule has 0 aliphatic heterocycles. The molecule has 0 N–H and O–H groups in total. The van der Waals surface area contributed by atoms with Crippen molar-refractivity contribution in [1.29, 1.82) is 0 Å². The first-order valence-electron chi connectivity index (χ1n) is 3.74. The largest absolute Gasteiger partial charge is 0.478 e. The van der Waals surface area contributed by atoms with Gasteiger partial charge in [-0.2, -0.15) is 0 Å². The number of hydrogen-bond donors (Lipinski definition) is 1. The highest BCUT2D eigenvalue weighted by Crippen LogP contribution is 2.12. The minimum atomic E-state index is 0.478. The fourth-order valence-corrected chi connectivity index (χ4v) is 2.05. The van der Waals surface area contributed by atoms with E-state index in [0.29, 0.717) is 14.5 Å². The zero-order chi connectivity index (χ0) is 9.40. The number of thiocarbonyl (C=S) groups is 2. The second kappa shape index (κ2) is 8.29. The van der Waals surface area contributed by atoms with Gasteiger partial charge in [0.2, 0.25) is 4.38 Å². The third kappa shape index (κ3) is 8.77. The summed E-state index contributed by atoms with van der Waals surface area (Å²) >= 11 is 14.8. The quantitative estimate of drug-likeness (QED) is 0.458. The Morgan fingerprint density at radius 2 is 2.08 bits per heavy atom. The van der Waals surface area contributed by atoms with Gasteiger partial charge in [0.15, 0.2) is 0 Å². The third-order valence-electron chi connectivity index (χ3n) is 1.14. The molecular weight excluding hydrogens is 228 g/mol. The molecule has 0 aromatic rings. The van der Waals surface area contributed by atoms with Crippen LogP contribution in [0, 0.1) is 0 Å². The van der Waals surface area contributed by atoms with E-state index in [-0.39, 0.29) is 0 Å². The molecule has 0 radical (unpaired) electrons. The normalized spacial score (nSPS) is 9.50. The standard InChI is InChI=1S/C7H12OS4/c1-2-3-4-5-8-6(9)12-7(10)11/h2-5H2,1H3,(H,10,11). The van der Waals surface area contributed by atoms with Gasteiger partial charge in [0.25, 0.3) is 0 Å². The number of ether oxygens (including phenoxy) is 1. The summed E-state index contributed by atoms with van der Waals surface area (Å²) in [6, 6.07) is 0. The van der Waals surface area contributed by atoms with Crippen LogP contribution in [-0.2, 0) is 4.74 Å². The fourth-order valence-electron chi connectivity index (χ4n) is 0.608. The predicted molar refractivity (Wildman–Crippen MR) is 67.3 cm³/mol. The van der Waals surface area contributed by atoms with Crippen molar-refractivity contribution in [3.63, 3.8) is 0 Å². The van der Waals surface area contributed by atoms with Gasteiger partial charge in [-0.25, -0.2) is 0 Å². The number of thioether (sulfide) groups is 1. The van der Waals surface area contributed by atoms with E-state index in [1.807, 2.05) is 0 Å². The van der Waals surface area contributed by atoms with Crippen molar-refractivity contribution in [2.24, 2.45) is 0 Å². The van der Waals surface area contributed by atoms with Crippen LogP contribution in [0.3, 0.4) is 0 Å². The lowest BCUT2D eigenvalue weighted by Crippen LogP contribution is -1.99. The Hall–Kier alpha value is 0.680. The van der Waals surface area contributed by atoms with Gasteiger partial charge in [0, 0.05) is 0 Å². The molecule has 0 aliphatic rings. The zero-order valence-corrected chi connectivity index (χ0v) is 10.3. The number of thiol groups is 1. The summed E-state index contributed by atoms with van der Waals surface area (Å²) < 4.78 is 6.20. The van der Waals surface area contributed by atoms with Gasteiger partial charge in [-0.3, -0.25) is 0 Å². The fraction of sp³-hybridized carbons (Fsp3) is 0.714. The summed E-state index contributed by atoms with van der Waals surface area (Å²) in [6.07, 6.45) is 3.42. The highest BCUT2D eigenvalue weighted by atomic mass is 32.2. The van der Waals surface area contributed by atoms with Crippen molar-refractivity contribution in [1.82, 2.24) is 0 Å². The minimum absolute atomic E-state index is 0.478. The zero-order valence-electron chi connectivity index (χ0n) is 6.91. The molecule has 12 heavy (non-hydrogen) atoms. The number of hydrogen-bond acceptors (Lipinski definition) is 4. The summed E-state index contributed by atoms with van der Waals surface area (Å²) in [5.41, 5.74) is 0. The molecule has 0 amide bonds. The molecule has 0 heterocycles. The SMILES string of the molecule is CCCCCOC(=S)SC(=S)S. The third-order valence-corrected chi connectivity index (χ3v) is 2.49. The number of rotatable bonds is 4. The van der Waals surface area contributed by atoms with Crippen LogP contribution in [-0.4, -0.2) is 14.5 Å². The van der Waals surface area contributed by atoms with Crippen molar-refractivity contribution in [2.75, 3.05) is 6.61 Å². The molecule has 0 aliphatic carbocycles. The van der Waals surface area contributed by atoms with E-state index in [1.54, 1.807) is 0 Å². The molecule has 0 atom stereocenters. The summed E-state index contributed by atoms with van der Waals surface area (Å²) in [5, 5.41) is 0. The average Bonchev–Trinajstić information content (AvgIpc) is 1.97. The molecule has 0 saturated carbocycles. The average molecular weight is 240 g/mol. The van der Waals surface area contributed by atoms with E-state index in [0.717, 1.165) is 6.42 Å². The van der Waals surface area contributed by atoms with E-state index in [9.17, 15) is 0 Å². The number of unbranched alkanes of at least 4 members (excludes halogenated alkanes) is 2. The van der Waals surface area contributed by atoms with Crippen LogP contribution in [0.15, 0.2) is 0 Å².